The first-order valence-electron chi connectivity index (χ1n) is 11.9. The Balaban J connectivity index is 1.84. The smallest absolute Gasteiger partial charge is 0.305 e. The highest BCUT2D eigenvalue weighted by Gasteiger charge is 2.33. The fourth-order valence-electron chi connectivity index (χ4n) is 4.78. The van der Waals surface area contributed by atoms with Gasteiger partial charge in [-0.1, -0.05) is 61.5 Å². The monoisotopic (exact) mass is 462 g/mol. The van der Waals surface area contributed by atoms with E-state index in [1.807, 2.05) is 18.2 Å². The third kappa shape index (κ3) is 5.54. The minimum absolute atomic E-state index is 0.0569. The summed E-state index contributed by atoms with van der Waals surface area (Å²) in [5, 5.41) is 29.4. The number of hydrogen-bond donors (Lipinski definition) is 3. The Morgan fingerprint density at radius 1 is 1.12 bits per heavy atom. The van der Waals surface area contributed by atoms with Gasteiger partial charge in [0, 0.05) is 12.3 Å². The van der Waals surface area contributed by atoms with Gasteiger partial charge in [0.05, 0.1) is 18.6 Å². The van der Waals surface area contributed by atoms with E-state index in [4.69, 9.17) is 5.11 Å². The molecule has 0 saturated heterocycles. The van der Waals surface area contributed by atoms with Crippen LogP contribution in [0.4, 0.5) is 4.39 Å². The quantitative estimate of drug-likeness (QED) is 0.452. The summed E-state index contributed by atoms with van der Waals surface area (Å²) in [6, 6.07) is 14.8. The molecule has 178 valence electrons. The van der Waals surface area contributed by atoms with Crippen molar-refractivity contribution in [2.24, 2.45) is 5.92 Å². The molecule has 0 amide bonds. The number of carbonyl (C=O) groups is 1. The molecule has 34 heavy (non-hydrogen) atoms. The van der Waals surface area contributed by atoms with Gasteiger partial charge in [0.2, 0.25) is 0 Å². The molecule has 0 aromatic heterocycles. The van der Waals surface area contributed by atoms with Gasteiger partial charge in [-0.2, -0.15) is 0 Å². The predicted octanol–water partition coefficient (Wildman–Crippen LogP) is 5.61. The van der Waals surface area contributed by atoms with Crippen molar-refractivity contribution < 1.29 is 24.5 Å². The number of aliphatic hydroxyl groups excluding tert-OH is 2. The highest BCUT2D eigenvalue weighted by Crippen LogP contribution is 2.48. The van der Waals surface area contributed by atoms with E-state index in [9.17, 15) is 19.4 Å². The largest absolute Gasteiger partial charge is 0.481 e. The van der Waals surface area contributed by atoms with Crippen LogP contribution < -0.4 is 0 Å². The van der Waals surface area contributed by atoms with Crippen LogP contribution in [-0.4, -0.2) is 33.5 Å². The van der Waals surface area contributed by atoms with Gasteiger partial charge in [-0.15, -0.1) is 0 Å². The second kappa shape index (κ2) is 10.5. The molecule has 3 atom stereocenters. The maximum Gasteiger partial charge on any atom is 0.305 e. The number of rotatable bonds is 9. The summed E-state index contributed by atoms with van der Waals surface area (Å²) in [6.45, 7) is 2.18. The Morgan fingerprint density at radius 3 is 2.47 bits per heavy atom. The van der Waals surface area contributed by atoms with Gasteiger partial charge in [0.25, 0.3) is 0 Å². The first-order chi connectivity index (χ1) is 16.4. The number of aliphatic carboxylic acids is 1. The van der Waals surface area contributed by atoms with Crippen molar-refractivity contribution in [3.63, 3.8) is 0 Å². The van der Waals surface area contributed by atoms with E-state index in [2.05, 4.69) is 25.1 Å². The minimum Gasteiger partial charge on any atom is -0.481 e. The Kier molecular flexibility index (Phi) is 7.44. The van der Waals surface area contributed by atoms with E-state index in [0.29, 0.717) is 5.92 Å². The molecule has 0 spiro atoms. The molecular weight excluding hydrogens is 431 g/mol. The van der Waals surface area contributed by atoms with Crippen LogP contribution in [0.25, 0.3) is 5.57 Å². The molecule has 3 unspecified atom stereocenters. The fraction of sp³-hybridized carbons (Fsp3) is 0.345. The van der Waals surface area contributed by atoms with Crippen LogP contribution in [0.1, 0.15) is 61.6 Å². The van der Waals surface area contributed by atoms with Gasteiger partial charge in [-0.25, -0.2) is 4.39 Å². The summed E-state index contributed by atoms with van der Waals surface area (Å²) >= 11 is 0. The first-order valence-corrected chi connectivity index (χ1v) is 11.9. The molecule has 0 aliphatic heterocycles. The number of aliphatic hydroxyl groups is 2. The Morgan fingerprint density at radius 2 is 1.82 bits per heavy atom. The summed E-state index contributed by atoms with van der Waals surface area (Å²) in [7, 11) is 0. The number of benzene rings is 2. The topological polar surface area (TPSA) is 77.8 Å². The van der Waals surface area contributed by atoms with Crippen LogP contribution in [-0.2, 0) is 4.79 Å². The Hall–Kier alpha value is -3.02. The average molecular weight is 463 g/mol. The zero-order chi connectivity index (χ0) is 24.2. The lowest BCUT2D eigenvalue weighted by Crippen LogP contribution is -2.19. The van der Waals surface area contributed by atoms with Gasteiger partial charge >= 0.3 is 5.97 Å². The second-order valence-corrected chi connectivity index (χ2v) is 9.21. The standard InChI is InChI=1S/C29H31FO4/c1-2-18-15-27(19-7-8-19)26(14-13-22(31)16-23(32)17-28(33)34)29(20-9-11-21(30)12-10-20)25-6-4-3-5-24(18)25/h3-6,9-15,18-19,22-23,31-32H,2,7-8,16-17H2,1H3,(H,33,34). The number of fused-ring (bicyclic) bond motifs is 1. The molecule has 5 heteroatoms. The minimum atomic E-state index is -1.12. The molecule has 1 saturated carbocycles. The van der Waals surface area contributed by atoms with Crippen LogP contribution in [0.3, 0.4) is 0 Å². The van der Waals surface area contributed by atoms with Gasteiger partial charge in [-0.05, 0) is 70.7 Å². The average Bonchev–Trinajstić information content (AvgIpc) is 3.64. The molecule has 4 rings (SSSR count). The summed E-state index contributed by atoms with van der Waals surface area (Å²) in [5.41, 5.74) is 6.44. The number of carboxylic acids is 1. The van der Waals surface area contributed by atoms with E-state index in [1.165, 1.54) is 23.3 Å². The van der Waals surface area contributed by atoms with E-state index >= 15 is 0 Å². The van der Waals surface area contributed by atoms with Gasteiger partial charge in [0.15, 0.2) is 0 Å². The Labute approximate surface area is 199 Å². The van der Waals surface area contributed by atoms with Crippen molar-refractivity contribution in [1.82, 2.24) is 0 Å². The number of allylic oxidation sites excluding steroid dienone is 4. The highest BCUT2D eigenvalue weighted by molar-refractivity contribution is 5.89. The van der Waals surface area contributed by atoms with Crippen LogP contribution in [0.15, 0.2) is 77.9 Å². The second-order valence-electron chi connectivity index (χ2n) is 9.21. The Bertz CT molecular complexity index is 1130. The lowest BCUT2D eigenvalue weighted by molar-refractivity contribution is -0.139. The molecule has 4 nitrogen and oxygen atoms in total. The molecule has 2 aliphatic rings. The summed E-state index contributed by atoms with van der Waals surface area (Å²) in [4.78, 5) is 10.9. The highest BCUT2D eigenvalue weighted by atomic mass is 19.1. The lowest BCUT2D eigenvalue weighted by Gasteiger charge is -2.18. The maximum absolute atomic E-state index is 13.8. The van der Waals surface area contributed by atoms with Crippen molar-refractivity contribution in [3.8, 4) is 0 Å². The van der Waals surface area contributed by atoms with Crippen molar-refractivity contribution >= 4 is 11.5 Å². The van der Waals surface area contributed by atoms with Crippen LogP contribution in [0.2, 0.25) is 0 Å². The van der Waals surface area contributed by atoms with E-state index in [-0.39, 0.29) is 18.2 Å². The fourth-order valence-corrected chi connectivity index (χ4v) is 4.78. The zero-order valence-electron chi connectivity index (χ0n) is 19.3. The maximum atomic E-state index is 13.8. The molecule has 2 aromatic carbocycles. The van der Waals surface area contributed by atoms with E-state index in [0.717, 1.165) is 41.5 Å². The summed E-state index contributed by atoms with van der Waals surface area (Å²) < 4.78 is 13.8. The van der Waals surface area contributed by atoms with E-state index < -0.39 is 24.6 Å². The van der Waals surface area contributed by atoms with Gasteiger partial charge in [-0.3, -0.25) is 4.79 Å². The van der Waals surface area contributed by atoms with Gasteiger partial charge < -0.3 is 15.3 Å². The molecule has 0 radical (unpaired) electrons. The van der Waals surface area contributed by atoms with Crippen molar-refractivity contribution in [2.75, 3.05) is 0 Å². The van der Waals surface area contributed by atoms with Crippen LogP contribution in [0.5, 0.6) is 0 Å². The molecule has 3 N–H and O–H groups in total. The van der Waals surface area contributed by atoms with E-state index in [1.54, 1.807) is 18.2 Å². The first kappa shape index (κ1) is 24.1. The van der Waals surface area contributed by atoms with Gasteiger partial charge in [0.1, 0.15) is 5.82 Å². The third-order valence-corrected chi connectivity index (χ3v) is 6.59. The lowest BCUT2D eigenvalue weighted by atomic mass is 9.86. The SMILES string of the molecule is CCC1C=C(C2CC2)C(C=CC(O)CC(O)CC(=O)O)=C(c2ccc(F)cc2)c2ccccc21. The summed E-state index contributed by atoms with van der Waals surface area (Å²) in [6.07, 6.45) is 6.46. The molecule has 2 aromatic rings. The molecule has 0 bridgehead atoms. The van der Waals surface area contributed by atoms with Crippen molar-refractivity contribution in [1.29, 1.82) is 0 Å². The zero-order valence-corrected chi connectivity index (χ0v) is 19.3. The normalized spacial score (nSPS) is 20.0. The van der Waals surface area contributed by atoms with Crippen LogP contribution >= 0.6 is 0 Å². The van der Waals surface area contributed by atoms with Crippen LogP contribution in [0, 0.1) is 11.7 Å². The number of carboxylic acid groups (broad SMARTS) is 1. The molecular formula is C29H31FO4. The predicted molar refractivity (Wildman–Crippen MR) is 131 cm³/mol. The summed E-state index contributed by atoms with van der Waals surface area (Å²) in [5.74, 6) is -0.714. The van der Waals surface area contributed by atoms with Crippen molar-refractivity contribution in [2.45, 2.75) is 57.2 Å². The molecule has 2 aliphatic carbocycles. The molecule has 0 heterocycles. The molecule has 1 fully saturated rings. The third-order valence-electron chi connectivity index (χ3n) is 6.59. The van der Waals surface area contributed by atoms with Crippen molar-refractivity contribution in [3.05, 3.63) is 100 Å². The number of hydrogen-bond acceptors (Lipinski definition) is 3. The number of halogens is 1.